The summed E-state index contributed by atoms with van der Waals surface area (Å²) in [6.07, 6.45) is 4.12. The summed E-state index contributed by atoms with van der Waals surface area (Å²) in [6, 6.07) is 2.53. The molecule has 1 aliphatic rings. The number of nitrogens with one attached hydrogen (secondary N) is 1. The summed E-state index contributed by atoms with van der Waals surface area (Å²) in [5.74, 6) is 0. The third-order valence-electron chi connectivity index (χ3n) is 4.83. The van der Waals surface area contributed by atoms with Gasteiger partial charge in [-0.05, 0) is 26.0 Å². The predicted molar refractivity (Wildman–Crippen MR) is 85.5 cm³/mol. The quantitative estimate of drug-likeness (QED) is 0.826. The molecule has 1 N–H and O–H groups in total. The van der Waals surface area contributed by atoms with Crippen molar-refractivity contribution < 1.29 is 4.74 Å². The first-order chi connectivity index (χ1) is 10.1. The Morgan fingerprint density at radius 2 is 2.10 bits per heavy atom. The van der Waals surface area contributed by atoms with Gasteiger partial charge < -0.3 is 10.1 Å². The van der Waals surface area contributed by atoms with Crippen molar-refractivity contribution >= 4 is 0 Å². The highest BCUT2D eigenvalue weighted by atomic mass is 16.5. The number of morpholine rings is 1. The van der Waals surface area contributed by atoms with Crippen molar-refractivity contribution in [2.45, 2.75) is 45.2 Å². The van der Waals surface area contributed by atoms with Crippen molar-refractivity contribution in [3.63, 3.8) is 0 Å². The van der Waals surface area contributed by atoms with Crippen LogP contribution in [0.25, 0.3) is 0 Å². The molecule has 1 fully saturated rings. The van der Waals surface area contributed by atoms with Gasteiger partial charge in [0.25, 0.3) is 0 Å². The second kappa shape index (κ2) is 7.38. The molecule has 2 rings (SSSR count). The van der Waals surface area contributed by atoms with Crippen LogP contribution in [0.5, 0.6) is 0 Å². The average molecular weight is 294 g/mol. The second-order valence-corrected chi connectivity index (χ2v) is 6.11. The summed E-state index contributed by atoms with van der Waals surface area (Å²) in [5, 5.41) is 8.26. The van der Waals surface area contributed by atoms with E-state index in [-0.39, 0.29) is 5.54 Å². The van der Waals surface area contributed by atoms with Gasteiger partial charge in [0.05, 0.1) is 18.9 Å². The van der Waals surface area contributed by atoms with Crippen molar-refractivity contribution in [2.75, 3.05) is 32.8 Å². The predicted octanol–water partition coefficient (Wildman–Crippen LogP) is 1.44. The van der Waals surface area contributed by atoms with E-state index in [0.29, 0.717) is 6.04 Å². The monoisotopic (exact) mass is 294 g/mol. The fraction of sp³-hybridized carbons (Fsp3) is 0.812. The Balaban J connectivity index is 2.15. The molecule has 0 aliphatic carbocycles. The van der Waals surface area contributed by atoms with E-state index in [1.165, 1.54) is 0 Å². The number of nitrogens with zero attached hydrogens (tertiary/aromatic N) is 3. The van der Waals surface area contributed by atoms with Gasteiger partial charge >= 0.3 is 0 Å². The van der Waals surface area contributed by atoms with Crippen molar-refractivity contribution in [3.05, 3.63) is 18.0 Å². The molecule has 0 spiro atoms. The van der Waals surface area contributed by atoms with Gasteiger partial charge in [-0.2, -0.15) is 5.10 Å². The minimum atomic E-state index is 0.136. The van der Waals surface area contributed by atoms with Crippen molar-refractivity contribution in [2.24, 2.45) is 7.05 Å². The molecule has 0 saturated carbocycles. The molecule has 0 bridgehead atoms. The lowest BCUT2D eigenvalue weighted by Gasteiger charge is -2.48. The zero-order valence-electron chi connectivity index (χ0n) is 13.9. The van der Waals surface area contributed by atoms with Gasteiger partial charge in [-0.15, -0.1) is 0 Å². The molecule has 2 heterocycles. The number of ether oxygens (including phenoxy) is 1. The molecule has 1 aliphatic heterocycles. The molecule has 0 aromatic carbocycles. The van der Waals surface area contributed by atoms with E-state index in [0.717, 1.165) is 51.4 Å². The lowest BCUT2D eigenvalue weighted by Crippen LogP contribution is -2.62. The molecule has 0 amide bonds. The van der Waals surface area contributed by atoms with Crippen molar-refractivity contribution in [1.82, 2.24) is 20.0 Å². The van der Waals surface area contributed by atoms with Gasteiger partial charge in [0.15, 0.2) is 0 Å². The third kappa shape index (κ3) is 3.84. The van der Waals surface area contributed by atoms with Gasteiger partial charge in [-0.25, -0.2) is 0 Å². The van der Waals surface area contributed by atoms with Crippen molar-refractivity contribution in [1.29, 1.82) is 0 Å². The number of hydrogen-bond donors (Lipinski definition) is 1. The first-order valence-corrected chi connectivity index (χ1v) is 8.14. The van der Waals surface area contributed by atoms with Crippen LogP contribution in [-0.2, 0) is 18.2 Å². The van der Waals surface area contributed by atoms with Crippen LogP contribution in [0.3, 0.4) is 0 Å². The fourth-order valence-electron chi connectivity index (χ4n) is 3.30. The summed E-state index contributed by atoms with van der Waals surface area (Å²) in [7, 11) is 1.98. The van der Waals surface area contributed by atoms with Gasteiger partial charge in [-0.3, -0.25) is 9.58 Å². The van der Waals surface area contributed by atoms with Crippen LogP contribution in [0.2, 0.25) is 0 Å². The Morgan fingerprint density at radius 1 is 1.38 bits per heavy atom. The van der Waals surface area contributed by atoms with Crippen LogP contribution < -0.4 is 5.32 Å². The molecule has 1 aromatic heterocycles. The van der Waals surface area contributed by atoms with Crippen molar-refractivity contribution in [3.8, 4) is 0 Å². The molecular weight excluding hydrogens is 264 g/mol. The fourth-order valence-corrected chi connectivity index (χ4v) is 3.30. The van der Waals surface area contributed by atoms with Gasteiger partial charge in [-0.1, -0.05) is 13.8 Å². The Labute approximate surface area is 128 Å². The third-order valence-corrected chi connectivity index (χ3v) is 4.83. The zero-order chi connectivity index (χ0) is 15.3. The average Bonchev–Trinajstić information content (AvgIpc) is 2.92. The maximum absolute atomic E-state index is 5.52. The Bertz CT molecular complexity index is 428. The smallest absolute Gasteiger partial charge is 0.0640 e. The highest BCUT2D eigenvalue weighted by molar-refractivity contribution is 5.07. The number of aromatic nitrogens is 2. The number of aryl methyl sites for hydroxylation is 1. The second-order valence-electron chi connectivity index (χ2n) is 6.11. The number of hydrogen-bond acceptors (Lipinski definition) is 4. The van der Waals surface area contributed by atoms with E-state index >= 15 is 0 Å². The van der Waals surface area contributed by atoms with Gasteiger partial charge in [0.2, 0.25) is 0 Å². The maximum Gasteiger partial charge on any atom is 0.0640 e. The molecule has 1 aromatic rings. The lowest BCUT2D eigenvalue weighted by molar-refractivity contribution is -0.0321. The van der Waals surface area contributed by atoms with Crippen LogP contribution in [0.4, 0.5) is 0 Å². The van der Waals surface area contributed by atoms with Gasteiger partial charge in [0, 0.05) is 44.3 Å². The summed E-state index contributed by atoms with van der Waals surface area (Å²) < 4.78 is 7.41. The van der Waals surface area contributed by atoms with Crippen LogP contribution >= 0.6 is 0 Å². The molecule has 2 unspecified atom stereocenters. The normalized spacial score (nSPS) is 21.1. The molecule has 0 radical (unpaired) electrons. The van der Waals surface area contributed by atoms with Crippen LogP contribution in [0.15, 0.2) is 12.3 Å². The minimum absolute atomic E-state index is 0.136. The van der Waals surface area contributed by atoms with Crippen LogP contribution in [0.1, 0.15) is 32.9 Å². The van der Waals surface area contributed by atoms with E-state index in [4.69, 9.17) is 4.74 Å². The van der Waals surface area contributed by atoms with E-state index in [1.807, 2.05) is 17.9 Å². The molecular formula is C16H30N4O. The number of rotatable bonds is 7. The summed E-state index contributed by atoms with van der Waals surface area (Å²) in [6.45, 7) is 11.6. The van der Waals surface area contributed by atoms with E-state index in [1.54, 1.807) is 0 Å². The van der Waals surface area contributed by atoms with Crippen LogP contribution in [-0.4, -0.2) is 59.1 Å². The zero-order valence-corrected chi connectivity index (χ0v) is 13.9. The van der Waals surface area contributed by atoms with Crippen LogP contribution in [0, 0.1) is 0 Å². The Hall–Kier alpha value is -0.910. The molecule has 120 valence electrons. The lowest BCUT2D eigenvalue weighted by atomic mass is 9.84. The first-order valence-electron chi connectivity index (χ1n) is 8.14. The largest absolute Gasteiger partial charge is 0.379 e. The highest BCUT2D eigenvalue weighted by Gasteiger charge is 2.38. The topological polar surface area (TPSA) is 42.3 Å². The van der Waals surface area contributed by atoms with E-state index in [9.17, 15) is 0 Å². The standard InChI is InChI=1S/C16H30N4O/c1-5-16(3,20-9-11-21-12-10-20)15(17-6-2)13-14-7-8-19(4)18-14/h7-8,15,17H,5-6,9-13H2,1-4H3. The molecule has 21 heavy (non-hydrogen) atoms. The summed E-state index contributed by atoms with van der Waals surface area (Å²) in [5.41, 5.74) is 1.30. The molecule has 2 atom stereocenters. The minimum Gasteiger partial charge on any atom is -0.379 e. The SMILES string of the molecule is CCNC(Cc1ccn(C)n1)C(C)(CC)N1CCOCC1. The Kier molecular flexibility index (Phi) is 5.79. The summed E-state index contributed by atoms with van der Waals surface area (Å²) in [4.78, 5) is 2.59. The van der Waals surface area contributed by atoms with E-state index < -0.39 is 0 Å². The Morgan fingerprint density at radius 3 is 2.62 bits per heavy atom. The highest BCUT2D eigenvalue weighted by Crippen LogP contribution is 2.27. The molecule has 5 heteroatoms. The molecule has 1 saturated heterocycles. The number of likely N-dealkylation sites (N-methyl/N-ethyl adjacent to an activating group) is 1. The summed E-state index contributed by atoms with van der Waals surface area (Å²) >= 11 is 0. The molecule has 5 nitrogen and oxygen atoms in total. The van der Waals surface area contributed by atoms with E-state index in [2.05, 4.69) is 42.2 Å². The maximum atomic E-state index is 5.52. The first kappa shape index (κ1) is 16.5. The van der Waals surface area contributed by atoms with Gasteiger partial charge in [0.1, 0.15) is 0 Å².